The van der Waals surface area contributed by atoms with Crippen molar-refractivity contribution in [2.45, 2.75) is 6.54 Å². The second-order valence-corrected chi connectivity index (χ2v) is 7.38. The molecule has 0 saturated carbocycles. The molecule has 3 aromatic rings. The van der Waals surface area contributed by atoms with Crippen LogP contribution >= 0.6 is 11.6 Å². The average molecular weight is 413 g/mol. The number of hydrogen-bond acceptors (Lipinski definition) is 4. The van der Waals surface area contributed by atoms with Crippen molar-refractivity contribution in [1.29, 1.82) is 0 Å². The Bertz CT molecular complexity index is 953. The van der Waals surface area contributed by atoms with Gasteiger partial charge in [-0.1, -0.05) is 54.1 Å². The van der Waals surface area contributed by atoms with Gasteiger partial charge >= 0.3 is 6.03 Å². The molecule has 0 aliphatic rings. The summed E-state index contributed by atoms with van der Waals surface area (Å²) >= 11 is 6.02. The van der Waals surface area contributed by atoms with Gasteiger partial charge in [0.2, 0.25) is 0 Å². The zero-order chi connectivity index (χ0) is 20.8. The maximum absolute atomic E-state index is 12.4. The average Bonchev–Trinajstić information content (AvgIpc) is 2.99. The highest BCUT2D eigenvalue weighted by Crippen LogP contribution is 2.33. The molecule has 29 heavy (non-hydrogen) atoms. The van der Waals surface area contributed by atoms with E-state index in [1.807, 2.05) is 61.5 Å². The summed E-state index contributed by atoms with van der Waals surface area (Å²) in [5, 5.41) is 11.0. The second kappa shape index (κ2) is 9.45. The number of aromatic nitrogens is 2. The molecule has 0 fully saturated rings. The summed E-state index contributed by atoms with van der Waals surface area (Å²) in [6.45, 7) is 1.75. The van der Waals surface area contributed by atoms with Gasteiger partial charge in [-0.15, -0.1) is 0 Å². The number of anilines is 2. The van der Waals surface area contributed by atoms with E-state index in [1.165, 1.54) is 0 Å². The fourth-order valence-electron chi connectivity index (χ4n) is 2.84. The summed E-state index contributed by atoms with van der Waals surface area (Å²) in [6, 6.07) is 16.8. The highest BCUT2D eigenvalue weighted by molar-refractivity contribution is 6.30. The fourth-order valence-corrected chi connectivity index (χ4v) is 2.96. The number of carbonyl (C=O) groups excluding carboxylic acids is 1. The molecule has 8 heteroatoms. The van der Waals surface area contributed by atoms with Crippen LogP contribution in [-0.4, -0.2) is 47.9 Å². The zero-order valence-electron chi connectivity index (χ0n) is 16.5. The van der Waals surface area contributed by atoms with Crippen LogP contribution in [0.4, 0.5) is 16.3 Å². The van der Waals surface area contributed by atoms with Crippen LogP contribution in [0.3, 0.4) is 0 Å². The van der Waals surface area contributed by atoms with E-state index < -0.39 is 0 Å². The standard InChI is InChI=1S/C21H25ClN6O/c1-27(2)13-12-24-21(29)25-19-18(16-8-10-17(22)11-9-16)26-28(20(19)23)14-15-6-4-3-5-7-15/h3-11H,12-14,23H2,1-2H3,(H2,24,25,29). The Hall–Kier alpha value is -3.03. The lowest BCUT2D eigenvalue weighted by atomic mass is 10.1. The minimum atomic E-state index is -0.326. The van der Waals surface area contributed by atoms with E-state index in [0.717, 1.165) is 17.7 Å². The Morgan fingerprint density at radius 3 is 2.48 bits per heavy atom. The molecular formula is C21H25ClN6O. The van der Waals surface area contributed by atoms with Crippen LogP contribution in [0.5, 0.6) is 0 Å². The first kappa shape index (κ1) is 20.7. The van der Waals surface area contributed by atoms with Crippen LogP contribution < -0.4 is 16.4 Å². The molecule has 0 bridgehead atoms. The number of nitrogens with one attached hydrogen (secondary N) is 2. The molecule has 0 aliphatic heterocycles. The Balaban J connectivity index is 1.89. The van der Waals surface area contributed by atoms with Crippen molar-refractivity contribution in [3.63, 3.8) is 0 Å². The number of rotatable bonds is 7. The third-order valence-corrected chi connectivity index (χ3v) is 4.62. The Labute approximate surface area is 175 Å². The van der Waals surface area contributed by atoms with Crippen LogP contribution in [0.15, 0.2) is 54.6 Å². The molecule has 2 amide bonds. The highest BCUT2D eigenvalue weighted by atomic mass is 35.5. The first-order chi connectivity index (χ1) is 13.9. The predicted molar refractivity (Wildman–Crippen MR) is 118 cm³/mol. The van der Waals surface area contributed by atoms with E-state index in [9.17, 15) is 4.79 Å². The number of likely N-dealkylation sites (N-methyl/N-ethyl adjacent to an activating group) is 1. The van der Waals surface area contributed by atoms with Crippen LogP contribution in [0.1, 0.15) is 5.56 Å². The predicted octanol–water partition coefficient (Wildman–Crippen LogP) is 3.52. The first-order valence-corrected chi connectivity index (χ1v) is 9.67. The van der Waals surface area contributed by atoms with Crippen molar-refractivity contribution < 1.29 is 4.79 Å². The summed E-state index contributed by atoms with van der Waals surface area (Å²) in [5.41, 5.74) is 9.32. The number of benzene rings is 2. The van der Waals surface area contributed by atoms with E-state index in [2.05, 4.69) is 15.7 Å². The second-order valence-electron chi connectivity index (χ2n) is 6.94. The van der Waals surface area contributed by atoms with Gasteiger partial charge in [0.25, 0.3) is 0 Å². The Morgan fingerprint density at radius 2 is 1.83 bits per heavy atom. The maximum atomic E-state index is 12.4. The quantitative estimate of drug-likeness (QED) is 0.554. The van der Waals surface area contributed by atoms with Crippen molar-refractivity contribution in [2.24, 2.45) is 0 Å². The maximum Gasteiger partial charge on any atom is 0.319 e. The molecule has 4 N–H and O–H groups in total. The third kappa shape index (κ3) is 5.49. The van der Waals surface area contributed by atoms with Gasteiger partial charge in [-0.2, -0.15) is 5.10 Å². The molecule has 0 unspecified atom stereocenters. The Kier molecular flexibility index (Phi) is 6.74. The lowest BCUT2D eigenvalue weighted by molar-refractivity contribution is 0.250. The molecule has 0 spiro atoms. The molecule has 3 rings (SSSR count). The largest absolute Gasteiger partial charge is 0.382 e. The molecule has 0 atom stereocenters. The van der Waals surface area contributed by atoms with Gasteiger partial charge in [0.1, 0.15) is 17.2 Å². The monoisotopic (exact) mass is 412 g/mol. The van der Waals surface area contributed by atoms with E-state index in [0.29, 0.717) is 35.3 Å². The molecule has 1 aromatic heterocycles. The highest BCUT2D eigenvalue weighted by Gasteiger charge is 2.19. The fraction of sp³-hybridized carbons (Fsp3) is 0.238. The van der Waals surface area contributed by atoms with E-state index in [-0.39, 0.29) is 6.03 Å². The minimum absolute atomic E-state index is 0.326. The molecule has 0 aliphatic carbocycles. The van der Waals surface area contributed by atoms with Crippen molar-refractivity contribution in [3.8, 4) is 11.3 Å². The molecule has 152 valence electrons. The van der Waals surface area contributed by atoms with Gasteiger partial charge in [-0.3, -0.25) is 0 Å². The van der Waals surface area contributed by atoms with Crippen molar-refractivity contribution in [1.82, 2.24) is 20.0 Å². The number of carbonyl (C=O) groups is 1. The lowest BCUT2D eigenvalue weighted by Crippen LogP contribution is -2.34. The van der Waals surface area contributed by atoms with Crippen molar-refractivity contribution >= 4 is 29.1 Å². The summed E-state index contributed by atoms with van der Waals surface area (Å²) in [7, 11) is 3.90. The van der Waals surface area contributed by atoms with Gasteiger partial charge in [-0.25, -0.2) is 9.48 Å². The number of amides is 2. The summed E-state index contributed by atoms with van der Waals surface area (Å²) in [5.74, 6) is 0.390. The van der Waals surface area contributed by atoms with Gasteiger partial charge in [-0.05, 0) is 31.8 Å². The van der Waals surface area contributed by atoms with E-state index in [1.54, 1.807) is 16.8 Å². The summed E-state index contributed by atoms with van der Waals surface area (Å²) in [6.07, 6.45) is 0. The number of nitrogens with zero attached hydrogens (tertiary/aromatic N) is 3. The van der Waals surface area contributed by atoms with Crippen LogP contribution in [0.2, 0.25) is 5.02 Å². The van der Waals surface area contributed by atoms with Gasteiger partial charge in [0.05, 0.1) is 6.54 Å². The molecule has 0 radical (unpaired) electrons. The van der Waals surface area contributed by atoms with Gasteiger partial charge in [0, 0.05) is 23.7 Å². The lowest BCUT2D eigenvalue weighted by Gasteiger charge is -2.12. The van der Waals surface area contributed by atoms with Crippen molar-refractivity contribution in [3.05, 3.63) is 65.2 Å². The summed E-state index contributed by atoms with van der Waals surface area (Å²) < 4.78 is 1.69. The zero-order valence-corrected chi connectivity index (χ0v) is 17.3. The molecule has 7 nitrogen and oxygen atoms in total. The Morgan fingerprint density at radius 1 is 1.14 bits per heavy atom. The van der Waals surface area contributed by atoms with E-state index in [4.69, 9.17) is 17.3 Å². The molecule has 2 aromatic carbocycles. The van der Waals surface area contributed by atoms with Crippen molar-refractivity contribution in [2.75, 3.05) is 38.2 Å². The van der Waals surface area contributed by atoms with Crippen LogP contribution in [0.25, 0.3) is 11.3 Å². The number of hydrogen-bond donors (Lipinski definition) is 3. The number of halogens is 1. The normalized spacial score (nSPS) is 10.9. The smallest absolute Gasteiger partial charge is 0.319 e. The number of urea groups is 1. The van der Waals surface area contributed by atoms with Crippen LogP contribution in [-0.2, 0) is 6.54 Å². The third-order valence-electron chi connectivity index (χ3n) is 4.37. The van der Waals surface area contributed by atoms with Crippen LogP contribution in [0, 0.1) is 0 Å². The number of nitrogen functional groups attached to an aromatic ring is 1. The molecule has 0 saturated heterocycles. The summed E-state index contributed by atoms with van der Waals surface area (Å²) in [4.78, 5) is 14.4. The number of nitrogens with two attached hydrogens (primary N) is 1. The molecular weight excluding hydrogens is 388 g/mol. The first-order valence-electron chi connectivity index (χ1n) is 9.30. The minimum Gasteiger partial charge on any atom is -0.382 e. The van der Waals surface area contributed by atoms with E-state index >= 15 is 0 Å². The topological polar surface area (TPSA) is 88.2 Å². The van der Waals surface area contributed by atoms with Gasteiger partial charge in [0.15, 0.2) is 0 Å². The SMILES string of the molecule is CN(C)CCNC(=O)Nc1c(-c2ccc(Cl)cc2)nn(Cc2ccccc2)c1N. The van der Waals surface area contributed by atoms with Gasteiger partial charge < -0.3 is 21.3 Å². The molecule has 1 heterocycles.